The Morgan fingerprint density at radius 3 is 2.62 bits per heavy atom. The number of carbonyl (C=O) groups excluding carboxylic acids is 2. The van der Waals surface area contributed by atoms with E-state index in [1.165, 1.54) is 13.1 Å². The normalized spacial score (nSPS) is 15.4. The van der Waals surface area contributed by atoms with Crippen molar-refractivity contribution in [2.45, 2.75) is 13.0 Å². The molecule has 26 heavy (non-hydrogen) atoms. The standard InChI is InChI=1S/C19H19ClN2O4/c1-13(18(23)14-3-2-4-16(20)11-14)26-19(24)15-5-6-17(21-12-15)22-7-9-25-10-8-22/h2-6,11-13H,7-10H2,1H3. The SMILES string of the molecule is CC(OC(=O)c1ccc(N2CCOCC2)nc1)C(=O)c1cccc(Cl)c1. The van der Waals surface area contributed by atoms with Gasteiger partial charge in [-0.2, -0.15) is 0 Å². The molecule has 0 bridgehead atoms. The van der Waals surface area contributed by atoms with Gasteiger partial charge in [-0.1, -0.05) is 23.7 Å². The number of Topliss-reactive ketones (excluding diaryl/α,β-unsaturated/α-hetero) is 1. The molecule has 1 aromatic carbocycles. The Morgan fingerprint density at radius 2 is 1.96 bits per heavy atom. The molecule has 1 aliphatic heterocycles. The Bertz CT molecular complexity index is 788. The predicted molar refractivity (Wildman–Crippen MR) is 97.9 cm³/mol. The van der Waals surface area contributed by atoms with Crippen molar-refractivity contribution >= 4 is 29.2 Å². The van der Waals surface area contributed by atoms with E-state index in [0.29, 0.717) is 29.4 Å². The van der Waals surface area contributed by atoms with Gasteiger partial charge >= 0.3 is 5.97 Å². The van der Waals surface area contributed by atoms with Crippen molar-refractivity contribution in [1.29, 1.82) is 0 Å². The van der Waals surface area contributed by atoms with Crippen LogP contribution in [0.3, 0.4) is 0 Å². The zero-order valence-electron chi connectivity index (χ0n) is 14.4. The van der Waals surface area contributed by atoms with E-state index in [9.17, 15) is 9.59 Å². The maximum atomic E-state index is 12.4. The highest BCUT2D eigenvalue weighted by Crippen LogP contribution is 2.16. The fourth-order valence-electron chi connectivity index (χ4n) is 2.64. The number of esters is 1. The highest BCUT2D eigenvalue weighted by atomic mass is 35.5. The summed E-state index contributed by atoms with van der Waals surface area (Å²) in [6.45, 7) is 4.39. The van der Waals surface area contributed by atoms with Crippen LogP contribution < -0.4 is 4.90 Å². The number of carbonyl (C=O) groups is 2. The van der Waals surface area contributed by atoms with Gasteiger partial charge in [-0.05, 0) is 31.2 Å². The molecule has 0 aliphatic carbocycles. The van der Waals surface area contributed by atoms with Crippen molar-refractivity contribution in [2.24, 2.45) is 0 Å². The number of anilines is 1. The quantitative estimate of drug-likeness (QED) is 0.592. The van der Waals surface area contributed by atoms with E-state index in [1.807, 2.05) is 0 Å². The molecular weight excluding hydrogens is 356 g/mol. The third-order valence-corrected chi connectivity index (χ3v) is 4.32. The van der Waals surface area contributed by atoms with Gasteiger partial charge in [0.1, 0.15) is 5.82 Å². The number of ketones is 1. The lowest BCUT2D eigenvalue weighted by Gasteiger charge is -2.27. The number of halogens is 1. The van der Waals surface area contributed by atoms with Gasteiger partial charge in [0.25, 0.3) is 0 Å². The van der Waals surface area contributed by atoms with Gasteiger partial charge in [0.05, 0.1) is 18.8 Å². The monoisotopic (exact) mass is 374 g/mol. The Hall–Kier alpha value is -2.44. The third kappa shape index (κ3) is 4.39. The van der Waals surface area contributed by atoms with E-state index < -0.39 is 12.1 Å². The Morgan fingerprint density at radius 1 is 1.19 bits per heavy atom. The lowest BCUT2D eigenvalue weighted by atomic mass is 10.1. The molecule has 0 amide bonds. The van der Waals surface area contributed by atoms with Gasteiger partial charge in [-0.15, -0.1) is 0 Å². The van der Waals surface area contributed by atoms with Crippen LogP contribution in [0.5, 0.6) is 0 Å². The summed E-state index contributed by atoms with van der Waals surface area (Å²) in [4.78, 5) is 31.0. The Kier molecular flexibility index (Phi) is 5.85. The molecule has 1 unspecified atom stereocenters. The fraction of sp³-hybridized carbons (Fsp3) is 0.316. The number of hydrogen-bond donors (Lipinski definition) is 0. The van der Waals surface area contributed by atoms with Gasteiger partial charge in [0.15, 0.2) is 6.10 Å². The summed E-state index contributed by atoms with van der Waals surface area (Å²) >= 11 is 5.89. The zero-order valence-corrected chi connectivity index (χ0v) is 15.1. The molecule has 1 fully saturated rings. The number of ether oxygens (including phenoxy) is 2. The van der Waals surface area contributed by atoms with Crippen molar-refractivity contribution < 1.29 is 19.1 Å². The van der Waals surface area contributed by atoms with Crippen LogP contribution in [0.2, 0.25) is 5.02 Å². The van der Waals surface area contributed by atoms with Crippen molar-refractivity contribution in [3.63, 3.8) is 0 Å². The van der Waals surface area contributed by atoms with E-state index in [2.05, 4.69) is 9.88 Å². The van der Waals surface area contributed by atoms with Gasteiger partial charge in [0, 0.05) is 29.9 Å². The molecule has 136 valence electrons. The topological polar surface area (TPSA) is 68.7 Å². The first kappa shape index (κ1) is 18.4. The lowest BCUT2D eigenvalue weighted by molar-refractivity contribution is 0.0318. The van der Waals surface area contributed by atoms with Gasteiger partial charge in [-0.25, -0.2) is 9.78 Å². The summed E-state index contributed by atoms with van der Waals surface area (Å²) in [6.07, 6.45) is 0.545. The second kappa shape index (κ2) is 8.29. The van der Waals surface area contributed by atoms with E-state index in [4.69, 9.17) is 21.1 Å². The number of morpholine rings is 1. The fourth-order valence-corrected chi connectivity index (χ4v) is 2.84. The maximum absolute atomic E-state index is 12.4. The van der Waals surface area contributed by atoms with E-state index >= 15 is 0 Å². The van der Waals surface area contributed by atoms with Crippen LogP contribution in [0.15, 0.2) is 42.6 Å². The van der Waals surface area contributed by atoms with Crippen molar-refractivity contribution in [3.8, 4) is 0 Å². The number of nitrogens with zero attached hydrogens (tertiary/aromatic N) is 2. The molecule has 7 heteroatoms. The van der Waals surface area contributed by atoms with Crippen LogP contribution in [0.1, 0.15) is 27.6 Å². The van der Waals surface area contributed by atoms with Crippen LogP contribution in [0.25, 0.3) is 0 Å². The average Bonchev–Trinajstić information content (AvgIpc) is 2.68. The van der Waals surface area contributed by atoms with Crippen molar-refractivity contribution in [3.05, 3.63) is 58.7 Å². The molecule has 2 aromatic rings. The summed E-state index contributed by atoms with van der Waals surface area (Å²) in [5.41, 5.74) is 0.700. The largest absolute Gasteiger partial charge is 0.451 e. The van der Waals surface area contributed by atoms with Crippen LogP contribution in [-0.4, -0.2) is 49.1 Å². The molecule has 0 N–H and O–H groups in total. The first-order chi connectivity index (χ1) is 12.5. The summed E-state index contributed by atoms with van der Waals surface area (Å²) in [5.74, 6) is -0.111. The van der Waals surface area contributed by atoms with E-state index in [-0.39, 0.29) is 5.78 Å². The number of hydrogen-bond acceptors (Lipinski definition) is 6. The van der Waals surface area contributed by atoms with Crippen molar-refractivity contribution in [2.75, 3.05) is 31.2 Å². The first-order valence-electron chi connectivity index (χ1n) is 8.34. The molecule has 1 atom stereocenters. The van der Waals surface area contributed by atoms with Crippen LogP contribution >= 0.6 is 11.6 Å². The average molecular weight is 375 g/mol. The molecular formula is C19H19ClN2O4. The summed E-state index contributed by atoms with van der Waals surface area (Å²) in [6, 6.07) is 9.96. The van der Waals surface area contributed by atoms with Crippen molar-refractivity contribution in [1.82, 2.24) is 4.98 Å². The number of aromatic nitrogens is 1. The molecule has 0 saturated carbocycles. The molecule has 1 aromatic heterocycles. The molecule has 6 nitrogen and oxygen atoms in total. The Labute approximate surface area is 156 Å². The Balaban J connectivity index is 1.62. The molecule has 3 rings (SSSR count). The second-order valence-corrected chi connectivity index (χ2v) is 6.36. The third-order valence-electron chi connectivity index (χ3n) is 4.08. The van der Waals surface area contributed by atoms with Gasteiger partial charge in [0.2, 0.25) is 5.78 Å². The predicted octanol–water partition coefficient (Wildman–Crippen LogP) is 3.00. The highest BCUT2D eigenvalue weighted by Gasteiger charge is 2.21. The van der Waals surface area contributed by atoms with Gasteiger partial charge in [-0.3, -0.25) is 4.79 Å². The van der Waals surface area contributed by atoms with E-state index in [0.717, 1.165) is 18.9 Å². The number of benzene rings is 1. The van der Waals surface area contributed by atoms with Crippen LogP contribution in [0, 0.1) is 0 Å². The highest BCUT2D eigenvalue weighted by molar-refractivity contribution is 6.31. The lowest BCUT2D eigenvalue weighted by Crippen LogP contribution is -2.36. The molecule has 0 radical (unpaired) electrons. The van der Waals surface area contributed by atoms with Gasteiger partial charge < -0.3 is 14.4 Å². The smallest absolute Gasteiger partial charge is 0.340 e. The summed E-state index contributed by atoms with van der Waals surface area (Å²) in [7, 11) is 0. The van der Waals surface area contributed by atoms with E-state index in [1.54, 1.807) is 36.4 Å². The summed E-state index contributed by atoms with van der Waals surface area (Å²) < 4.78 is 10.6. The first-order valence-corrected chi connectivity index (χ1v) is 8.72. The molecule has 2 heterocycles. The molecule has 0 spiro atoms. The summed E-state index contributed by atoms with van der Waals surface area (Å²) in [5, 5.41) is 0.456. The minimum absolute atomic E-state index is 0.299. The minimum atomic E-state index is -0.917. The van der Waals surface area contributed by atoms with Crippen LogP contribution in [-0.2, 0) is 9.47 Å². The van der Waals surface area contributed by atoms with Crippen LogP contribution in [0.4, 0.5) is 5.82 Å². The number of pyridine rings is 1. The second-order valence-electron chi connectivity index (χ2n) is 5.93. The maximum Gasteiger partial charge on any atom is 0.340 e. The molecule has 1 saturated heterocycles. The minimum Gasteiger partial charge on any atom is -0.451 e. The number of rotatable bonds is 5. The molecule has 1 aliphatic rings. The zero-order chi connectivity index (χ0) is 18.5.